The maximum atomic E-state index is 13.6. The van der Waals surface area contributed by atoms with Crippen molar-refractivity contribution >= 4 is 18.0 Å². The lowest BCUT2D eigenvalue weighted by molar-refractivity contribution is 0.624. The first-order chi connectivity index (χ1) is 12.6. The monoisotopic (exact) mass is 369 g/mol. The van der Waals surface area contributed by atoms with Crippen LogP contribution in [0.5, 0.6) is 0 Å². The Morgan fingerprint density at radius 3 is 2.77 bits per heavy atom. The Morgan fingerprint density at radius 2 is 2.12 bits per heavy atom. The first-order valence-electron chi connectivity index (χ1n) is 8.25. The molecular weight excluding hydrogens is 349 g/mol. The third kappa shape index (κ3) is 4.11. The van der Waals surface area contributed by atoms with Crippen LogP contribution in [-0.2, 0) is 6.54 Å². The van der Waals surface area contributed by atoms with Crippen molar-refractivity contribution in [2.45, 2.75) is 36.2 Å². The zero-order valence-corrected chi connectivity index (χ0v) is 15.4. The van der Waals surface area contributed by atoms with Gasteiger partial charge in [0.05, 0.1) is 24.1 Å². The van der Waals surface area contributed by atoms with Gasteiger partial charge >= 0.3 is 0 Å². The minimum Gasteiger partial charge on any atom is -0.323 e. The minimum absolute atomic E-state index is 0.195. The second kappa shape index (κ2) is 8.14. The van der Waals surface area contributed by atoms with E-state index < -0.39 is 0 Å². The fourth-order valence-corrected chi connectivity index (χ4v) is 3.77. The molecule has 0 atom stereocenters. The molecule has 134 valence electrons. The summed E-state index contributed by atoms with van der Waals surface area (Å²) >= 11 is 1.48. The standard InChI is InChI=1S/C19H20FN5S/c1-13(2)18-19(26-16-8-5-6-14(20)10-16)25(17(24-18)11-23-21)12-15-7-3-4-9-22-15/h3-11,13H,12,21H2,1-2H3. The molecule has 0 spiro atoms. The summed E-state index contributed by atoms with van der Waals surface area (Å²) in [5.41, 5.74) is 1.82. The number of aromatic nitrogens is 3. The van der Waals surface area contributed by atoms with Crippen molar-refractivity contribution in [3.8, 4) is 0 Å². The number of hydrazone groups is 1. The Kier molecular flexibility index (Phi) is 5.68. The van der Waals surface area contributed by atoms with E-state index in [0.717, 1.165) is 21.3 Å². The van der Waals surface area contributed by atoms with Crippen LogP contribution in [0.2, 0.25) is 0 Å². The molecule has 1 aromatic carbocycles. The Labute approximate surface area is 156 Å². The van der Waals surface area contributed by atoms with Crippen LogP contribution in [0.15, 0.2) is 63.7 Å². The van der Waals surface area contributed by atoms with E-state index in [-0.39, 0.29) is 11.7 Å². The predicted octanol–water partition coefficient (Wildman–Crippen LogP) is 4.03. The molecule has 3 aromatic rings. The van der Waals surface area contributed by atoms with Gasteiger partial charge in [-0.25, -0.2) is 9.37 Å². The maximum absolute atomic E-state index is 13.6. The Bertz CT molecular complexity index is 906. The number of hydrogen-bond donors (Lipinski definition) is 1. The van der Waals surface area contributed by atoms with Crippen LogP contribution in [-0.4, -0.2) is 20.7 Å². The normalized spacial score (nSPS) is 11.5. The van der Waals surface area contributed by atoms with Crippen molar-refractivity contribution in [2.24, 2.45) is 10.9 Å². The summed E-state index contributed by atoms with van der Waals surface area (Å²) in [5, 5.41) is 4.58. The van der Waals surface area contributed by atoms with E-state index in [1.807, 2.05) is 28.8 Å². The third-order valence-corrected chi connectivity index (χ3v) is 4.88. The van der Waals surface area contributed by atoms with Gasteiger partial charge in [0, 0.05) is 11.1 Å². The van der Waals surface area contributed by atoms with E-state index in [0.29, 0.717) is 12.4 Å². The fraction of sp³-hybridized carbons (Fsp3) is 0.211. The molecule has 0 saturated carbocycles. The van der Waals surface area contributed by atoms with Crippen molar-refractivity contribution in [1.29, 1.82) is 0 Å². The van der Waals surface area contributed by atoms with Crippen molar-refractivity contribution in [3.63, 3.8) is 0 Å². The second-order valence-corrected chi connectivity index (χ2v) is 7.12. The highest BCUT2D eigenvalue weighted by Gasteiger charge is 2.20. The molecule has 2 N–H and O–H groups in total. The summed E-state index contributed by atoms with van der Waals surface area (Å²) in [4.78, 5) is 9.91. The van der Waals surface area contributed by atoms with Crippen molar-refractivity contribution in [1.82, 2.24) is 14.5 Å². The van der Waals surface area contributed by atoms with Gasteiger partial charge in [-0.2, -0.15) is 5.10 Å². The molecule has 0 amide bonds. The fourth-order valence-electron chi connectivity index (χ4n) is 2.57. The van der Waals surface area contributed by atoms with Crippen LogP contribution in [0.25, 0.3) is 0 Å². The zero-order valence-electron chi connectivity index (χ0n) is 14.6. The Hall–Kier alpha value is -2.67. The topological polar surface area (TPSA) is 69.1 Å². The molecule has 0 fully saturated rings. The summed E-state index contributed by atoms with van der Waals surface area (Å²) in [5.74, 6) is 5.96. The molecule has 0 aliphatic carbocycles. The number of benzene rings is 1. The van der Waals surface area contributed by atoms with Gasteiger partial charge in [-0.1, -0.05) is 37.7 Å². The molecule has 7 heteroatoms. The summed E-state index contributed by atoms with van der Waals surface area (Å²) in [6.07, 6.45) is 3.29. The number of rotatable bonds is 6. The van der Waals surface area contributed by atoms with Crippen molar-refractivity contribution in [2.75, 3.05) is 0 Å². The van der Waals surface area contributed by atoms with Crippen molar-refractivity contribution in [3.05, 3.63) is 71.7 Å². The molecule has 5 nitrogen and oxygen atoms in total. The van der Waals surface area contributed by atoms with Gasteiger partial charge in [-0.05, 0) is 36.2 Å². The van der Waals surface area contributed by atoms with E-state index >= 15 is 0 Å². The second-order valence-electron chi connectivity index (χ2n) is 6.06. The molecule has 3 rings (SSSR count). The molecule has 0 saturated heterocycles. The lowest BCUT2D eigenvalue weighted by Crippen LogP contribution is -2.08. The Morgan fingerprint density at radius 1 is 1.27 bits per heavy atom. The lowest BCUT2D eigenvalue weighted by atomic mass is 10.1. The largest absolute Gasteiger partial charge is 0.323 e. The minimum atomic E-state index is -0.263. The van der Waals surface area contributed by atoms with E-state index in [9.17, 15) is 4.39 Å². The number of pyridine rings is 1. The third-order valence-electron chi connectivity index (χ3n) is 3.77. The quantitative estimate of drug-likeness (QED) is 0.405. The smallest absolute Gasteiger partial charge is 0.154 e. The van der Waals surface area contributed by atoms with E-state index in [4.69, 9.17) is 10.8 Å². The zero-order chi connectivity index (χ0) is 18.5. The molecule has 2 aromatic heterocycles. The van der Waals surface area contributed by atoms with Gasteiger partial charge in [0.2, 0.25) is 0 Å². The summed E-state index contributed by atoms with van der Waals surface area (Å²) in [6, 6.07) is 12.3. The number of nitrogens with two attached hydrogens (primary N) is 1. The van der Waals surface area contributed by atoms with E-state index in [2.05, 4.69) is 23.9 Å². The number of imidazole rings is 1. The van der Waals surface area contributed by atoms with Crippen LogP contribution in [0.3, 0.4) is 0 Å². The summed E-state index contributed by atoms with van der Waals surface area (Å²) < 4.78 is 15.6. The van der Waals surface area contributed by atoms with Gasteiger partial charge < -0.3 is 10.4 Å². The summed E-state index contributed by atoms with van der Waals surface area (Å²) in [6.45, 7) is 4.68. The van der Waals surface area contributed by atoms with Gasteiger partial charge in [0.1, 0.15) is 10.8 Å². The highest BCUT2D eigenvalue weighted by molar-refractivity contribution is 7.99. The van der Waals surface area contributed by atoms with Crippen LogP contribution < -0.4 is 5.84 Å². The highest BCUT2D eigenvalue weighted by atomic mass is 32.2. The van der Waals surface area contributed by atoms with Crippen LogP contribution >= 0.6 is 11.8 Å². The van der Waals surface area contributed by atoms with Gasteiger partial charge in [0.25, 0.3) is 0 Å². The molecule has 0 bridgehead atoms. The van der Waals surface area contributed by atoms with Crippen LogP contribution in [0, 0.1) is 5.82 Å². The predicted molar refractivity (Wildman–Crippen MR) is 102 cm³/mol. The molecule has 2 heterocycles. The summed E-state index contributed by atoms with van der Waals surface area (Å²) in [7, 11) is 0. The number of hydrogen-bond acceptors (Lipinski definition) is 5. The Balaban J connectivity index is 2.09. The average Bonchev–Trinajstić information content (AvgIpc) is 2.94. The molecular formula is C19H20FN5S. The first-order valence-corrected chi connectivity index (χ1v) is 9.07. The van der Waals surface area contributed by atoms with Crippen LogP contribution in [0.1, 0.15) is 37.0 Å². The molecule has 0 aliphatic heterocycles. The van der Waals surface area contributed by atoms with E-state index in [1.54, 1.807) is 12.3 Å². The highest BCUT2D eigenvalue weighted by Crippen LogP contribution is 2.35. The van der Waals surface area contributed by atoms with Gasteiger partial charge in [0.15, 0.2) is 5.82 Å². The van der Waals surface area contributed by atoms with E-state index in [1.165, 1.54) is 30.1 Å². The first kappa shape index (κ1) is 18.1. The van der Waals surface area contributed by atoms with Crippen molar-refractivity contribution < 1.29 is 4.39 Å². The van der Waals surface area contributed by atoms with Gasteiger partial charge in [-0.15, -0.1) is 0 Å². The number of halogens is 1. The lowest BCUT2D eigenvalue weighted by Gasteiger charge is -2.12. The van der Waals surface area contributed by atoms with Gasteiger partial charge in [-0.3, -0.25) is 4.98 Å². The van der Waals surface area contributed by atoms with Crippen LogP contribution in [0.4, 0.5) is 4.39 Å². The maximum Gasteiger partial charge on any atom is 0.154 e. The SMILES string of the molecule is CC(C)c1nc(C=NN)n(Cc2ccccn2)c1Sc1cccc(F)c1. The molecule has 0 aliphatic rings. The number of nitrogens with zero attached hydrogens (tertiary/aromatic N) is 4. The molecule has 0 radical (unpaired) electrons. The molecule has 26 heavy (non-hydrogen) atoms. The average molecular weight is 369 g/mol. The molecule has 0 unspecified atom stereocenters.